The predicted octanol–water partition coefficient (Wildman–Crippen LogP) is 2.72. The molecule has 1 aromatic heterocycles. The van der Waals surface area contributed by atoms with Crippen LogP contribution in [-0.4, -0.2) is 29.4 Å². The zero-order valence-corrected chi connectivity index (χ0v) is 13.5. The number of aryl methyl sites for hydroxylation is 1. The molecular formula is C18H19NO4. The van der Waals surface area contributed by atoms with Gasteiger partial charge in [-0.05, 0) is 37.6 Å². The van der Waals surface area contributed by atoms with Crippen molar-refractivity contribution in [1.29, 1.82) is 0 Å². The van der Waals surface area contributed by atoms with Gasteiger partial charge in [-0.1, -0.05) is 18.2 Å². The summed E-state index contributed by atoms with van der Waals surface area (Å²) in [5, 5.41) is 0. The molecular weight excluding hydrogens is 294 g/mol. The SMILES string of the molecule is Cc1ccc(CN(C)C(=O)C2(C)Cc3ccccc3C(=O)O2)o1. The summed E-state index contributed by atoms with van der Waals surface area (Å²) in [7, 11) is 1.68. The number of fused-ring (bicyclic) bond motifs is 1. The van der Waals surface area contributed by atoms with Crippen LogP contribution in [-0.2, 0) is 22.5 Å². The minimum absolute atomic E-state index is 0.241. The second-order valence-corrected chi connectivity index (χ2v) is 6.13. The molecule has 0 radical (unpaired) electrons. The molecule has 0 saturated heterocycles. The second-order valence-electron chi connectivity index (χ2n) is 6.13. The molecule has 1 atom stereocenters. The number of nitrogens with zero attached hydrogens (tertiary/aromatic N) is 1. The van der Waals surface area contributed by atoms with Crippen LogP contribution in [0.5, 0.6) is 0 Å². The number of hydrogen-bond donors (Lipinski definition) is 0. The van der Waals surface area contributed by atoms with Crippen LogP contribution in [0.1, 0.15) is 34.4 Å². The van der Waals surface area contributed by atoms with Crippen molar-refractivity contribution in [2.75, 3.05) is 7.05 Å². The number of amides is 1. The van der Waals surface area contributed by atoms with Gasteiger partial charge >= 0.3 is 5.97 Å². The first-order valence-electron chi connectivity index (χ1n) is 7.51. The van der Waals surface area contributed by atoms with Gasteiger partial charge < -0.3 is 14.1 Å². The van der Waals surface area contributed by atoms with E-state index in [1.165, 1.54) is 4.90 Å². The van der Waals surface area contributed by atoms with Gasteiger partial charge in [0, 0.05) is 13.5 Å². The number of carbonyl (C=O) groups excluding carboxylic acids is 2. The van der Waals surface area contributed by atoms with E-state index in [-0.39, 0.29) is 5.91 Å². The summed E-state index contributed by atoms with van der Waals surface area (Å²) in [6.07, 6.45) is 0.370. The lowest BCUT2D eigenvalue weighted by Gasteiger charge is -2.35. The Labute approximate surface area is 134 Å². The van der Waals surface area contributed by atoms with E-state index in [9.17, 15) is 9.59 Å². The Bertz CT molecular complexity index is 764. The van der Waals surface area contributed by atoms with Crippen molar-refractivity contribution in [2.24, 2.45) is 0 Å². The normalized spacial score (nSPS) is 19.9. The zero-order chi connectivity index (χ0) is 16.6. The molecule has 5 nitrogen and oxygen atoms in total. The molecule has 0 aliphatic carbocycles. The Morgan fingerprint density at radius 2 is 2.00 bits per heavy atom. The quantitative estimate of drug-likeness (QED) is 0.818. The van der Waals surface area contributed by atoms with Gasteiger partial charge in [-0.3, -0.25) is 4.79 Å². The molecule has 0 N–H and O–H groups in total. The van der Waals surface area contributed by atoms with E-state index >= 15 is 0 Å². The molecule has 3 rings (SSSR count). The monoisotopic (exact) mass is 313 g/mol. The molecule has 0 bridgehead atoms. The average Bonchev–Trinajstić information content (AvgIpc) is 2.91. The van der Waals surface area contributed by atoms with Crippen LogP contribution >= 0.6 is 0 Å². The maximum atomic E-state index is 12.8. The van der Waals surface area contributed by atoms with Crippen molar-refractivity contribution in [2.45, 2.75) is 32.4 Å². The van der Waals surface area contributed by atoms with Crippen molar-refractivity contribution >= 4 is 11.9 Å². The predicted molar refractivity (Wildman–Crippen MR) is 83.9 cm³/mol. The molecule has 23 heavy (non-hydrogen) atoms. The molecule has 1 unspecified atom stereocenters. The van der Waals surface area contributed by atoms with Crippen LogP contribution in [0, 0.1) is 6.92 Å². The number of esters is 1. The van der Waals surface area contributed by atoms with Gasteiger partial charge in [0.15, 0.2) is 5.60 Å². The lowest BCUT2D eigenvalue weighted by atomic mass is 9.89. The van der Waals surface area contributed by atoms with Crippen molar-refractivity contribution in [3.8, 4) is 0 Å². The number of hydrogen-bond acceptors (Lipinski definition) is 4. The largest absolute Gasteiger partial charge is 0.464 e. The molecule has 2 aromatic rings. The molecule has 1 amide bonds. The first kappa shape index (κ1) is 15.3. The minimum Gasteiger partial charge on any atom is -0.464 e. The number of rotatable bonds is 3. The molecule has 1 aliphatic heterocycles. The smallest absolute Gasteiger partial charge is 0.339 e. The maximum absolute atomic E-state index is 12.8. The molecule has 0 fully saturated rings. The highest BCUT2D eigenvalue weighted by Gasteiger charge is 2.44. The van der Waals surface area contributed by atoms with E-state index < -0.39 is 11.6 Å². The van der Waals surface area contributed by atoms with Crippen molar-refractivity contribution in [3.63, 3.8) is 0 Å². The molecule has 2 heterocycles. The summed E-state index contributed by atoms with van der Waals surface area (Å²) in [5.74, 6) is 0.800. The van der Waals surface area contributed by atoms with E-state index in [1.54, 1.807) is 26.1 Å². The number of furan rings is 1. The lowest BCUT2D eigenvalue weighted by molar-refractivity contribution is -0.150. The Balaban J connectivity index is 1.80. The number of likely N-dealkylation sites (N-methyl/N-ethyl adjacent to an activating group) is 1. The van der Waals surface area contributed by atoms with E-state index in [1.807, 2.05) is 31.2 Å². The summed E-state index contributed by atoms with van der Waals surface area (Å²) in [4.78, 5) is 26.5. The minimum atomic E-state index is -1.19. The highest BCUT2D eigenvalue weighted by molar-refractivity contribution is 5.97. The van der Waals surface area contributed by atoms with Crippen molar-refractivity contribution in [1.82, 2.24) is 4.90 Å². The fraction of sp³-hybridized carbons (Fsp3) is 0.333. The maximum Gasteiger partial charge on any atom is 0.339 e. The Morgan fingerprint density at radius 3 is 2.70 bits per heavy atom. The van der Waals surface area contributed by atoms with Gasteiger partial charge in [0.05, 0.1) is 12.1 Å². The van der Waals surface area contributed by atoms with E-state index in [0.29, 0.717) is 24.3 Å². The first-order valence-corrected chi connectivity index (χ1v) is 7.51. The standard InChI is InChI=1S/C18H19NO4/c1-12-8-9-14(22-12)11-19(3)17(21)18(2)10-13-6-4-5-7-15(13)16(20)23-18/h4-9H,10-11H2,1-3H3. The molecule has 0 spiro atoms. The van der Waals surface area contributed by atoms with Gasteiger partial charge in [0.25, 0.3) is 5.91 Å². The zero-order valence-electron chi connectivity index (χ0n) is 13.5. The summed E-state index contributed by atoms with van der Waals surface area (Å²) in [5.41, 5.74) is 0.172. The lowest BCUT2D eigenvalue weighted by Crippen LogP contribution is -2.51. The van der Waals surface area contributed by atoms with Crippen molar-refractivity contribution < 1.29 is 18.7 Å². The van der Waals surface area contributed by atoms with Crippen LogP contribution in [0.15, 0.2) is 40.8 Å². The van der Waals surface area contributed by atoms with Gasteiger partial charge in [-0.25, -0.2) is 4.79 Å². The number of ether oxygens (including phenoxy) is 1. The third kappa shape index (κ3) is 2.86. The fourth-order valence-corrected chi connectivity index (χ4v) is 2.93. The third-order valence-corrected chi connectivity index (χ3v) is 4.07. The third-order valence-electron chi connectivity index (χ3n) is 4.07. The van der Waals surface area contributed by atoms with Crippen LogP contribution in [0.2, 0.25) is 0 Å². The van der Waals surface area contributed by atoms with Crippen LogP contribution in [0.25, 0.3) is 0 Å². The van der Waals surface area contributed by atoms with Gasteiger partial charge in [-0.15, -0.1) is 0 Å². The van der Waals surface area contributed by atoms with Crippen LogP contribution in [0.3, 0.4) is 0 Å². The summed E-state index contributed by atoms with van der Waals surface area (Å²) in [6, 6.07) is 10.9. The van der Waals surface area contributed by atoms with E-state index in [4.69, 9.17) is 9.15 Å². The van der Waals surface area contributed by atoms with Gasteiger partial charge in [0.2, 0.25) is 0 Å². The Morgan fingerprint density at radius 1 is 1.26 bits per heavy atom. The highest BCUT2D eigenvalue weighted by Crippen LogP contribution is 2.29. The van der Waals surface area contributed by atoms with Gasteiger partial charge in [0.1, 0.15) is 11.5 Å². The van der Waals surface area contributed by atoms with Crippen LogP contribution < -0.4 is 0 Å². The number of carbonyl (C=O) groups is 2. The highest BCUT2D eigenvalue weighted by atomic mass is 16.6. The number of benzene rings is 1. The molecule has 0 saturated carbocycles. The summed E-state index contributed by atoms with van der Waals surface area (Å²) < 4.78 is 11.0. The van der Waals surface area contributed by atoms with Crippen molar-refractivity contribution in [3.05, 3.63) is 59.0 Å². The Hall–Kier alpha value is -2.56. The Kier molecular flexibility index (Phi) is 3.72. The topological polar surface area (TPSA) is 59.8 Å². The van der Waals surface area contributed by atoms with Crippen LogP contribution in [0.4, 0.5) is 0 Å². The second kappa shape index (κ2) is 5.57. The average molecular weight is 313 g/mol. The summed E-state index contributed by atoms with van der Waals surface area (Å²) in [6.45, 7) is 3.85. The first-order chi connectivity index (χ1) is 10.9. The molecule has 1 aromatic carbocycles. The molecule has 120 valence electrons. The number of cyclic esters (lactones) is 1. The molecule has 5 heteroatoms. The fourth-order valence-electron chi connectivity index (χ4n) is 2.93. The molecule has 1 aliphatic rings. The summed E-state index contributed by atoms with van der Waals surface area (Å²) >= 11 is 0. The van der Waals surface area contributed by atoms with E-state index in [2.05, 4.69) is 0 Å². The van der Waals surface area contributed by atoms with Gasteiger partial charge in [-0.2, -0.15) is 0 Å². The van der Waals surface area contributed by atoms with E-state index in [0.717, 1.165) is 11.3 Å².